The van der Waals surface area contributed by atoms with Crippen LogP contribution in [-0.2, 0) is 39.8 Å². The predicted molar refractivity (Wildman–Crippen MR) is 213 cm³/mol. The number of benzene rings is 3. The number of carbonyl (C=O) groups excluding carboxylic acids is 4. The normalized spacial score (nSPS) is 23.9. The SMILES string of the molecule is C=CCCC(=O)N[C@@H](COC)[C@@H](OC(=O)[C@@H]1[C@H]2C(=O)N([C@@H](CO)Cc3ccccc3)[C@H](C(=O)N(CC=C)c3c(C)cccc3Cl)[C@]23CC[C@H]1O3)c1ccccc1. The Morgan fingerprint density at radius 3 is 2.43 bits per heavy atom. The number of ether oxygens (including phenoxy) is 3. The van der Waals surface area contributed by atoms with Gasteiger partial charge in [-0.05, 0) is 55.4 Å². The number of esters is 1. The van der Waals surface area contributed by atoms with E-state index in [1.807, 2.05) is 49.4 Å². The van der Waals surface area contributed by atoms with Gasteiger partial charge >= 0.3 is 5.97 Å². The maximum atomic E-state index is 15.3. The maximum absolute atomic E-state index is 15.3. The van der Waals surface area contributed by atoms with Gasteiger partial charge in [0, 0.05) is 20.1 Å². The molecule has 0 aliphatic carbocycles. The van der Waals surface area contributed by atoms with Crippen LogP contribution in [0.25, 0.3) is 0 Å². The van der Waals surface area contributed by atoms with Crippen molar-refractivity contribution in [2.24, 2.45) is 11.8 Å². The predicted octanol–water partition coefficient (Wildman–Crippen LogP) is 5.53. The minimum absolute atomic E-state index is 0.0339. The highest BCUT2D eigenvalue weighted by Crippen LogP contribution is 2.59. The summed E-state index contributed by atoms with van der Waals surface area (Å²) in [4.78, 5) is 61.0. The lowest BCUT2D eigenvalue weighted by atomic mass is 9.70. The van der Waals surface area contributed by atoms with Crippen molar-refractivity contribution in [2.75, 3.05) is 31.8 Å². The summed E-state index contributed by atoms with van der Waals surface area (Å²) in [6.07, 6.45) is 3.17. The third kappa shape index (κ3) is 7.91. The Hall–Kier alpha value is -4.81. The standard InChI is InChI=1S/C44H50ClN3O8/c1-5-7-21-35(50)46-33(27-54-4)39(30-18-12-9-13-19-30)55-43(53)36-34-22-23-44(56-34)37(36)41(51)48(31(26-49)25-29-16-10-8-11-17-29)40(44)42(52)47(24-6-2)38-28(3)15-14-20-32(38)45/h5-6,8-20,31,33-34,36-37,39-40,49H,1-2,7,21-27H2,3-4H3,(H,46,50)/t31-,33+,34-,36+,37+,39+,40-,44+/m1/s1. The quantitative estimate of drug-likeness (QED) is 0.127. The highest BCUT2D eigenvalue weighted by atomic mass is 35.5. The minimum Gasteiger partial charge on any atom is -0.455 e. The van der Waals surface area contributed by atoms with E-state index >= 15 is 9.59 Å². The van der Waals surface area contributed by atoms with Crippen LogP contribution in [0.1, 0.15) is 48.5 Å². The summed E-state index contributed by atoms with van der Waals surface area (Å²) in [7, 11) is 1.50. The van der Waals surface area contributed by atoms with Gasteiger partial charge in [0.2, 0.25) is 11.8 Å². The van der Waals surface area contributed by atoms with Crippen LogP contribution in [-0.4, -0.2) is 90.4 Å². The van der Waals surface area contributed by atoms with E-state index in [4.69, 9.17) is 25.8 Å². The van der Waals surface area contributed by atoms with Crippen molar-refractivity contribution in [1.29, 1.82) is 0 Å². The second kappa shape index (κ2) is 18.0. The first-order chi connectivity index (χ1) is 27.1. The summed E-state index contributed by atoms with van der Waals surface area (Å²) in [6, 6.07) is 21.0. The van der Waals surface area contributed by atoms with Crippen molar-refractivity contribution >= 4 is 41.0 Å². The summed E-state index contributed by atoms with van der Waals surface area (Å²) in [5.74, 6) is -4.05. The smallest absolute Gasteiger partial charge is 0.313 e. The zero-order chi connectivity index (χ0) is 40.0. The minimum atomic E-state index is -1.41. The van der Waals surface area contributed by atoms with Gasteiger partial charge in [-0.3, -0.25) is 19.2 Å². The van der Waals surface area contributed by atoms with Crippen LogP contribution in [0.5, 0.6) is 0 Å². The number of fused-ring (bicyclic) bond motifs is 1. The van der Waals surface area contributed by atoms with Crippen LogP contribution in [0.15, 0.2) is 104 Å². The Morgan fingerprint density at radius 1 is 1.07 bits per heavy atom. The van der Waals surface area contributed by atoms with E-state index in [1.165, 1.54) is 16.9 Å². The van der Waals surface area contributed by atoms with Gasteiger partial charge in [0.05, 0.1) is 53.9 Å². The summed E-state index contributed by atoms with van der Waals surface area (Å²) >= 11 is 6.75. The zero-order valence-corrected chi connectivity index (χ0v) is 32.6. The van der Waals surface area contributed by atoms with Gasteiger partial charge in [0.15, 0.2) is 0 Å². The number of aliphatic hydroxyl groups excluding tert-OH is 1. The molecule has 3 aliphatic rings. The molecule has 0 radical (unpaired) electrons. The molecule has 56 heavy (non-hydrogen) atoms. The molecular weight excluding hydrogens is 734 g/mol. The first-order valence-electron chi connectivity index (χ1n) is 19.1. The van der Waals surface area contributed by atoms with Crippen molar-refractivity contribution in [1.82, 2.24) is 10.2 Å². The van der Waals surface area contributed by atoms with Crippen molar-refractivity contribution in [3.63, 3.8) is 0 Å². The molecule has 0 unspecified atom stereocenters. The first kappa shape index (κ1) is 40.8. The van der Waals surface area contributed by atoms with Crippen LogP contribution in [0.3, 0.4) is 0 Å². The number of hydrogen-bond acceptors (Lipinski definition) is 8. The molecule has 3 aromatic rings. The van der Waals surface area contributed by atoms with E-state index in [0.717, 1.165) is 11.1 Å². The molecule has 2 bridgehead atoms. The number of methoxy groups -OCH3 is 1. The molecule has 12 heteroatoms. The number of anilines is 1. The zero-order valence-electron chi connectivity index (χ0n) is 31.9. The van der Waals surface area contributed by atoms with Crippen LogP contribution >= 0.6 is 11.6 Å². The topological polar surface area (TPSA) is 135 Å². The lowest BCUT2D eigenvalue weighted by Gasteiger charge is -2.39. The number of para-hydroxylation sites is 1. The molecule has 0 saturated carbocycles. The number of aryl methyl sites for hydroxylation is 1. The summed E-state index contributed by atoms with van der Waals surface area (Å²) < 4.78 is 18.6. The summed E-state index contributed by atoms with van der Waals surface area (Å²) in [5.41, 5.74) is 1.29. The van der Waals surface area contributed by atoms with Crippen molar-refractivity contribution in [3.05, 3.63) is 126 Å². The number of hydrogen-bond donors (Lipinski definition) is 2. The molecule has 0 aromatic heterocycles. The molecule has 3 aliphatic heterocycles. The Morgan fingerprint density at radius 2 is 1.79 bits per heavy atom. The van der Waals surface area contributed by atoms with E-state index in [0.29, 0.717) is 35.5 Å². The maximum Gasteiger partial charge on any atom is 0.313 e. The highest BCUT2D eigenvalue weighted by Gasteiger charge is 2.76. The van der Waals surface area contributed by atoms with Crippen molar-refractivity contribution in [2.45, 2.75) is 75.0 Å². The monoisotopic (exact) mass is 783 g/mol. The van der Waals surface area contributed by atoms with Crippen LogP contribution in [0.2, 0.25) is 5.02 Å². The van der Waals surface area contributed by atoms with E-state index in [1.54, 1.807) is 48.6 Å². The fourth-order valence-electron chi connectivity index (χ4n) is 8.83. The Kier molecular flexibility index (Phi) is 13.1. The van der Waals surface area contributed by atoms with E-state index in [9.17, 15) is 14.7 Å². The lowest BCUT2D eigenvalue weighted by molar-refractivity contribution is -0.163. The number of rotatable bonds is 18. The number of nitrogens with zero attached hydrogens (tertiary/aromatic N) is 2. The number of amides is 3. The largest absolute Gasteiger partial charge is 0.455 e. The number of nitrogens with one attached hydrogen (secondary N) is 1. The third-order valence-corrected chi connectivity index (χ3v) is 11.5. The molecule has 3 fully saturated rings. The average Bonchev–Trinajstić information content (AvgIpc) is 3.85. The molecule has 1 spiro atoms. The Bertz CT molecular complexity index is 1890. The fourth-order valence-corrected chi connectivity index (χ4v) is 9.15. The van der Waals surface area contributed by atoms with Crippen molar-refractivity contribution < 1.29 is 38.5 Å². The van der Waals surface area contributed by atoms with E-state index in [2.05, 4.69) is 18.5 Å². The molecule has 11 nitrogen and oxygen atoms in total. The van der Waals surface area contributed by atoms with Crippen LogP contribution in [0, 0.1) is 18.8 Å². The van der Waals surface area contributed by atoms with Crippen molar-refractivity contribution in [3.8, 4) is 0 Å². The number of aliphatic hydroxyl groups is 1. The van der Waals surface area contributed by atoms with Gasteiger partial charge in [0.1, 0.15) is 17.7 Å². The van der Waals surface area contributed by atoms with Gasteiger partial charge in [-0.2, -0.15) is 0 Å². The molecule has 3 amide bonds. The molecule has 6 rings (SSSR count). The highest BCUT2D eigenvalue weighted by molar-refractivity contribution is 6.34. The number of carbonyl (C=O) groups is 4. The molecule has 3 aromatic carbocycles. The molecular formula is C44H50ClN3O8. The second-order valence-corrected chi connectivity index (χ2v) is 15.1. The Balaban J connectivity index is 1.41. The van der Waals surface area contributed by atoms with Gasteiger partial charge in [0.25, 0.3) is 5.91 Å². The van der Waals surface area contributed by atoms with Gasteiger partial charge in [-0.25, -0.2) is 0 Å². The first-order valence-corrected chi connectivity index (χ1v) is 19.4. The van der Waals surface area contributed by atoms with Crippen LogP contribution < -0.4 is 10.2 Å². The average molecular weight is 784 g/mol. The Labute approximate surface area is 333 Å². The molecule has 3 saturated heterocycles. The summed E-state index contributed by atoms with van der Waals surface area (Å²) in [6.45, 7) is 9.12. The summed E-state index contributed by atoms with van der Waals surface area (Å²) in [5, 5.41) is 14.3. The van der Waals surface area contributed by atoms with Gasteiger partial charge in [-0.1, -0.05) is 96.5 Å². The van der Waals surface area contributed by atoms with Gasteiger partial charge < -0.3 is 34.4 Å². The molecule has 8 atom stereocenters. The van der Waals surface area contributed by atoms with E-state index in [-0.39, 0.29) is 31.9 Å². The van der Waals surface area contributed by atoms with E-state index < -0.39 is 72.2 Å². The molecule has 2 N–H and O–H groups in total. The van der Waals surface area contributed by atoms with Gasteiger partial charge in [-0.15, -0.1) is 13.2 Å². The molecule has 296 valence electrons. The fraction of sp³-hybridized carbons (Fsp3) is 0.409. The number of likely N-dealkylation sites (tertiary alicyclic amines) is 1. The number of halogens is 1. The van der Waals surface area contributed by atoms with Crippen LogP contribution in [0.4, 0.5) is 5.69 Å². The third-order valence-electron chi connectivity index (χ3n) is 11.2. The number of allylic oxidation sites excluding steroid dienone is 1. The second-order valence-electron chi connectivity index (χ2n) is 14.7. The molecule has 3 heterocycles. The lowest BCUT2D eigenvalue weighted by Crippen LogP contribution is -2.59.